The van der Waals surface area contributed by atoms with Crippen molar-refractivity contribution in [3.05, 3.63) is 29.8 Å². The Morgan fingerprint density at radius 3 is 2.71 bits per heavy atom. The second-order valence-corrected chi connectivity index (χ2v) is 5.01. The Bertz CT molecular complexity index is 331. The Morgan fingerprint density at radius 2 is 2.06 bits per heavy atom. The second-order valence-electron chi connectivity index (χ2n) is 5.01. The normalized spacial score (nSPS) is 20.7. The largest absolute Gasteiger partial charge is 0.508 e. The van der Waals surface area contributed by atoms with E-state index in [9.17, 15) is 5.11 Å². The van der Waals surface area contributed by atoms with E-state index in [0.717, 1.165) is 19.6 Å². The molecule has 1 aromatic rings. The van der Waals surface area contributed by atoms with Gasteiger partial charge in [0.05, 0.1) is 0 Å². The molecule has 0 aliphatic carbocycles. The Morgan fingerprint density at radius 1 is 1.29 bits per heavy atom. The van der Waals surface area contributed by atoms with E-state index < -0.39 is 0 Å². The molecule has 1 heterocycles. The first kappa shape index (κ1) is 12.4. The van der Waals surface area contributed by atoms with Crippen molar-refractivity contribution in [2.24, 2.45) is 0 Å². The van der Waals surface area contributed by atoms with Crippen molar-refractivity contribution in [2.45, 2.75) is 31.8 Å². The van der Waals surface area contributed by atoms with Crippen LogP contribution < -0.4 is 5.32 Å². The van der Waals surface area contributed by atoms with Gasteiger partial charge in [-0.15, -0.1) is 0 Å². The minimum absolute atomic E-state index is 0.338. The lowest BCUT2D eigenvalue weighted by Crippen LogP contribution is -2.42. The van der Waals surface area contributed by atoms with Crippen LogP contribution in [0.4, 0.5) is 0 Å². The molecule has 3 nitrogen and oxygen atoms in total. The number of rotatable bonds is 4. The molecule has 1 aliphatic heterocycles. The number of aromatic hydroxyl groups is 1. The van der Waals surface area contributed by atoms with E-state index >= 15 is 0 Å². The Hall–Kier alpha value is -1.06. The van der Waals surface area contributed by atoms with Gasteiger partial charge in [-0.3, -0.25) is 0 Å². The summed E-state index contributed by atoms with van der Waals surface area (Å²) in [6, 6.07) is 8.12. The molecule has 1 aromatic carbocycles. The van der Waals surface area contributed by atoms with Crippen molar-refractivity contribution in [3.63, 3.8) is 0 Å². The molecule has 1 unspecified atom stereocenters. The zero-order valence-electron chi connectivity index (χ0n) is 10.5. The number of hydrogen-bond donors (Lipinski definition) is 2. The van der Waals surface area contributed by atoms with Gasteiger partial charge in [0.2, 0.25) is 0 Å². The van der Waals surface area contributed by atoms with Crippen LogP contribution in [0.2, 0.25) is 0 Å². The van der Waals surface area contributed by atoms with Gasteiger partial charge in [-0.2, -0.15) is 0 Å². The smallest absolute Gasteiger partial charge is 0.115 e. The topological polar surface area (TPSA) is 35.5 Å². The molecule has 94 valence electrons. The van der Waals surface area contributed by atoms with Crippen LogP contribution in [0.3, 0.4) is 0 Å². The Balaban J connectivity index is 1.79. The van der Waals surface area contributed by atoms with Gasteiger partial charge >= 0.3 is 0 Å². The van der Waals surface area contributed by atoms with E-state index in [0.29, 0.717) is 11.8 Å². The summed E-state index contributed by atoms with van der Waals surface area (Å²) >= 11 is 0. The highest BCUT2D eigenvalue weighted by atomic mass is 16.3. The number of piperidine rings is 1. The zero-order valence-corrected chi connectivity index (χ0v) is 10.5. The molecule has 0 radical (unpaired) electrons. The Labute approximate surface area is 103 Å². The molecular formula is C14H22N2O. The van der Waals surface area contributed by atoms with Gasteiger partial charge in [-0.1, -0.05) is 18.6 Å². The van der Waals surface area contributed by atoms with Crippen LogP contribution in [0.5, 0.6) is 5.75 Å². The highest BCUT2D eigenvalue weighted by Crippen LogP contribution is 2.12. The van der Waals surface area contributed by atoms with Gasteiger partial charge in [0.25, 0.3) is 0 Å². The number of nitrogens with zero attached hydrogens (tertiary/aromatic N) is 1. The summed E-state index contributed by atoms with van der Waals surface area (Å²) < 4.78 is 0. The summed E-state index contributed by atoms with van der Waals surface area (Å²) in [7, 11) is 2.16. The molecular weight excluding hydrogens is 212 g/mol. The molecule has 2 rings (SSSR count). The average Bonchev–Trinajstić information content (AvgIpc) is 2.33. The minimum Gasteiger partial charge on any atom is -0.508 e. The molecule has 0 amide bonds. The summed E-state index contributed by atoms with van der Waals surface area (Å²) in [5.41, 5.74) is 1.25. The van der Waals surface area contributed by atoms with Crippen molar-refractivity contribution < 1.29 is 5.11 Å². The van der Waals surface area contributed by atoms with Crippen molar-refractivity contribution in [2.75, 3.05) is 20.1 Å². The molecule has 0 bridgehead atoms. The first-order chi connectivity index (χ1) is 8.24. The summed E-state index contributed by atoms with van der Waals surface area (Å²) in [6.45, 7) is 3.21. The van der Waals surface area contributed by atoms with Crippen LogP contribution in [-0.4, -0.2) is 36.2 Å². The van der Waals surface area contributed by atoms with Crippen molar-refractivity contribution >= 4 is 0 Å². The summed E-state index contributed by atoms with van der Waals surface area (Å²) in [4.78, 5) is 2.34. The van der Waals surface area contributed by atoms with Gasteiger partial charge in [-0.25, -0.2) is 0 Å². The third-order valence-electron chi connectivity index (χ3n) is 3.33. The van der Waals surface area contributed by atoms with Crippen LogP contribution >= 0.6 is 0 Å². The SMILES string of the molecule is CN(Cc1ccc(O)cc1)CC1CCCCN1. The first-order valence-electron chi connectivity index (χ1n) is 6.44. The Kier molecular flexibility index (Phi) is 4.40. The summed E-state index contributed by atoms with van der Waals surface area (Å²) in [6.07, 6.45) is 3.96. The molecule has 1 fully saturated rings. The average molecular weight is 234 g/mol. The molecule has 1 saturated heterocycles. The van der Waals surface area contributed by atoms with Crippen LogP contribution in [0.1, 0.15) is 24.8 Å². The molecule has 0 spiro atoms. The van der Waals surface area contributed by atoms with Gasteiger partial charge in [-0.05, 0) is 44.1 Å². The monoisotopic (exact) mass is 234 g/mol. The fourth-order valence-corrected chi connectivity index (χ4v) is 2.43. The molecule has 1 atom stereocenters. The van der Waals surface area contributed by atoms with E-state index in [1.54, 1.807) is 12.1 Å². The maximum absolute atomic E-state index is 9.23. The standard InChI is InChI=1S/C14H22N2O/c1-16(11-13-4-2-3-9-15-13)10-12-5-7-14(17)8-6-12/h5-8,13,15,17H,2-4,9-11H2,1H3. The van der Waals surface area contributed by atoms with Gasteiger partial charge in [0.1, 0.15) is 5.75 Å². The van der Waals surface area contributed by atoms with Crippen LogP contribution in [0.15, 0.2) is 24.3 Å². The second kappa shape index (κ2) is 6.03. The van der Waals surface area contributed by atoms with E-state index in [-0.39, 0.29) is 0 Å². The van der Waals surface area contributed by atoms with E-state index in [4.69, 9.17) is 0 Å². The van der Waals surface area contributed by atoms with Gasteiger partial charge in [0.15, 0.2) is 0 Å². The number of benzene rings is 1. The number of hydrogen-bond acceptors (Lipinski definition) is 3. The third kappa shape index (κ3) is 4.02. The third-order valence-corrected chi connectivity index (χ3v) is 3.33. The predicted octanol–water partition coefficient (Wildman–Crippen LogP) is 1.97. The van der Waals surface area contributed by atoms with Gasteiger partial charge in [0, 0.05) is 19.1 Å². The lowest BCUT2D eigenvalue weighted by molar-refractivity contribution is 0.256. The van der Waals surface area contributed by atoms with E-state index in [1.807, 2.05) is 12.1 Å². The summed E-state index contributed by atoms with van der Waals surface area (Å²) in [5, 5.41) is 12.8. The maximum atomic E-state index is 9.23. The number of nitrogens with one attached hydrogen (secondary N) is 1. The van der Waals surface area contributed by atoms with Crippen molar-refractivity contribution in [3.8, 4) is 5.75 Å². The fraction of sp³-hybridized carbons (Fsp3) is 0.571. The quantitative estimate of drug-likeness (QED) is 0.836. The number of phenols is 1. The van der Waals surface area contributed by atoms with Gasteiger partial charge < -0.3 is 15.3 Å². The minimum atomic E-state index is 0.338. The fourth-order valence-electron chi connectivity index (χ4n) is 2.43. The molecule has 0 aromatic heterocycles. The highest BCUT2D eigenvalue weighted by molar-refractivity contribution is 5.25. The van der Waals surface area contributed by atoms with E-state index in [2.05, 4.69) is 17.3 Å². The molecule has 1 aliphatic rings. The van der Waals surface area contributed by atoms with E-state index in [1.165, 1.54) is 24.8 Å². The molecule has 3 heteroatoms. The molecule has 2 N–H and O–H groups in total. The predicted molar refractivity (Wildman–Crippen MR) is 70.1 cm³/mol. The van der Waals surface area contributed by atoms with Crippen molar-refractivity contribution in [1.29, 1.82) is 0 Å². The maximum Gasteiger partial charge on any atom is 0.115 e. The van der Waals surface area contributed by atoms with Crippen LogP contribution in [0.25, 0.3) is 0 Å². The number of phenolic OH excluding ortho intramolecular Hbond substituents is 1. The summed E-state index contributed by atoms with van der Waals surface area (Å²) in [5.74, 6) is 0.338. The molecule has 0 saturated carbocycles. The molecule has 17 heavy (non-hydrogen) atoms. The van der Waals surface area contributed by atoms with Crippen LogP contribution in [-0.2, 0) is 6.54 Å². The lowest BCUT2D eigenvalue weighted by atomic mass is 10.0. The van der Waals surface area contributed by atoms with Crippen LogP contribution in [0, 0.1) is 0 Å². The first-order valence-corrected chi connectivity index (χ1v) is 6.44. The highest BCUT2D eigenvalue weighted by Gasteiger charge is 2.14. The lowest BCUT2D eigenvalue weighted by Gasteiger charge is -2.28. The van der Waals surface area contributed by atoms with Crippen molar-refractivity contribution in [1.82, 2.24) is 10.2 Å². The number of likely N-dealkylation sites (N-methyl/N-ethyl adjacent to an activating group) is 1. The zero-order chi connectivity index (χ0) is 12.1.